The van der Waals surface area contributed by atoms with Crippen LogP contribution in [0, 0.1) is 23.7 Å². The SMILES string of the molecule is CCCCOc1ccc([C@H]2CC[C@H](/C=C/C#Cc3ccc([C@H]4CC[C@H](CCC)CC4)cc3)CC2)cc1. The number of ether oxygens (including phenoxy) is 1. The number of hydrogen-bond donors (Lipinski definition) is 0. The van der Waals surface area contributed by atoms with Gasteiger partial charge in [0.15, 0.2) is 0 Å². The first-order valence-corrected chi connectivity index (χ1v) is 14.8. The summed E-state index contributed by atoms with van der Waals surface area (Å²) in [5.41, 5.74) is 4.12. The predicted octanol–water partition coefficient (Wildman–Crippen LogP) is 9.82. The van der Waals surface area contributed by atoms with Crippen molar-refractivity contribution in [1.29, 1.82) is 0 Å². The van der Waals surface area contributed by atoms with Crippen LogP contribution in [0.4, 0.5) is 0 Å². The van der Waals surface area contributed by atoms with Gasteiger partial charge in [0.25, 0.3) is 0 Å². The van der Waals surface area contributed by atoms with Crippen LogP contribution < -0.4 is 4.74 Å². The van der Waals surface area contributed by atoms with E-state index in [1.54, 1.807) is 0 Å². The molecule has 0 spiro atoms. The standard InChI is InChI=1S/C35H46O/c1-3-5-27-36-35-25-23-34(24-26-35)33-21-15-30(16-22-33)10-7-6-9-29-13-19-32(20-14-29)31-17-11-28(8-4-2)12-18-31/h7,10,13-14,19-20,23-26,28,30-31,33H,3-5,8,11-12,15-18,21-22,27H2,1-2H3/b10-7+/t28-,30-,31-,33-. The van der Waals surface area contributed by atoms with Gasteiger partial charge in [-0.1, -0.05) is 75.3 Å². The Morgan fingerprint density at radius 1 is 0.750 bits per heavy atom. The van der Waals surface area contributed by atoms with E-state index in [1.165, 1.54) is 81.8 Å². The van der Waals surface area contributed by atoms with Crippen molar-refractivity contribution in [2.24, 2.45) is 11.8 Å². The van der Waals surface area contributed by atoms with Gasteiger partial charge in [-0.15, -0.1) is 0 Å². The molecule has 0 N–H and O–H groups in total. The molecule has 0 heterocycles. The van der Waals surface area contributed by atoms with Gasteiger partial charge >= 0.3 is 0 Å². The van der Waals surface area contributed by atoms with E-state index in [4.69, 9.17) is 4.74 Å². The minimum atomic E-state index is 0.664. The van der Waals surface area contributed by atoms with Crippen LogP contribution >= 0.6 is 0 Å². The summed E-state index contributed by atoms with van der Waals surface area (Å²) in [6.45, 7) is 5.33. The molecule has 0 radical (unpaired) electrons. The minimum absolute atomic E-state index is 0.664. The molecule has 0 aliphatic heterocycles. The summed E-state index contributed by atoms with van der Waals surface area (Å²) < 4.78 is 5.81. The lowest BCUT2D eigenvalue weighted by Crippen LogP contribution is -2.13. The van der Waals surface area contributed by atoms with Crippen LogP contribution in [0.15, 0.2) is 60.7 Å². The summed E-state index contributed by atoms with van der Waals surface area (Å²) in [5, 5.41) is 0. The highest BCUT2D eigenvalue weighted by molar-refractivity contribution is 5.39. The van der Waals surface area contributed by atoms with E-state index in [1.807, 2.05) is 0 Å². The van der Waals surface area contributed by atoms with E-state index in [9.17, 15) is 0 Å². The molecule has 2 aliphatic rings. The Bertz CT molecular complexity index is 972. The zero-order valence-electron chi connectivity index (χ0n) is 22.7. The normalized spacial score (nSPS) is 24.3. The fourth-order valence-electron chi connectivity index (χ4n) is 6.16. The van der Waals surface area contributed by atoms with Crippen molar-refractivity contribution >= 4 is 0 Å². The number of rotatable bonds is 9. The Morgan fingerprint density at radius 2 is 1.36 bits per heavy atom. The second-order valence-corrected chi connectivity index (χ2v) is 11.1. The molecule has 0 aromatic heterocycles. The summed E-state index contributed by atoms with van der Waals surface area (Å²) in [4.78, 5) is 0. The molecule has 36 heavy (non-hydrogen) atoms. The van der Waals surface area contributed by atoms with E-state index < -0.39 is 0 Å². The van der Waals surface area contributed by atoms with E-state index in [0.29, 0.717) is 11.8 Å². The predicted molar refractivity (Wildman–Crippen MR) is 154 cm³/mol. The maximum Gasteiger partial charge on any atom is 0.119 e. The van der Waals surface area contributed by atoms with Crippen molar-refractivity contribution in [1.82, 2.24) is 0 Å². The molecule has 2 aromatic carbocycles. The summed E-state index contributed by atoms with van der Waals surface area (Å²) in [7, 11) is 0. The Morgan fingerprint density at radius 3 is 1.97 bits per heavy atom. The molecule has 0 bridgehead atoms. The van der Waals surface area contributed by atoms with Gasteiger partial charge in [-0.05, 0) is 123 Å². The maximum absolute atomic E-state index is 5.81. The molecule has 0 unspecified atom stereocenters. The van der Waals surface area contributed by atoms with Crippen LogP contribution in [0.2, 0.25) is 0 Å². The maximum atomic E-state index is 5.81. The lowest BCUT2D eigenvalue weighted by atomic mass is 9.77. The van der Waals surface area contributed by atoms with Crippen molar-refractivity contribution in [2.45, 2.75) is 103 Å². The van der Waals surface area contributed by atoms with Gasteiger partial charge in [-0.2, -0.15) is 0 Å². The first-order valence-electron chi connectivity index (χ1n) is 14.8. The van der Waals surface area contributed by atoms with Gasteiger partial charge in [-0.3, -0.25) is 0 Å². The van der Waals surface area contributed by atoms with E-state index >= 15 is 0 Å². The average molecular weight is 483 g/mol. The number of hydrogen-bond acceptors (Lipinski definition) is 1. The fraction of sp³-hybridized carbons (Fsp3) is 0.543. The van der Waals surface area contributed by atoms with Gasteiger partial charge < -0.3 is 4.74 Å². The third kappa shape index (κ3) is 8.03. The molecule has 0 saturated heterocycles. The molecule has 2 saturated carbocycles. The van der Waals surface area contributed by atoms with E-state index in [-0.39, 0.29) is 0 Å². The Balaban J connectivity index is 1.19. The number of unbranched alkanes of at least 4 members (excludes halogenated alkanes) is 1. The lowest BCUT2D eigenvalue weighted by molar-refractivity contribution is 0.308. The van der Waals surface area contributed by atoms with Crippen molar-refractivity contribution in [3.05, 3.63) is 77.4 Å². The van der Waals surface area contributed by atoms with Crippen LogP contribution in [-0.2, 0) is 0 Å². The molecule has 0 amide bonds. The lowest BCUT2D eigenvalue weighted by Gasteiger charge is -2.28. The Labute approximate surface area is 220 Å². The van der Waals surface area contributed by atoms with Crippen molar-refractivity contribution in [3.63, 3.8) is 0 Å². The first kappa shape index (κ1) is 26.6. The van der Waals surface area contributed by atoms with Crippen LogP contribution in [-0.4, -0.2) is 6.61 Å². The third-order valence-corrected chi connectivity index (χ3v) is 8.48. The zero-order valence-corrected chi connectivity index (χ0v) is 22.7. The molecular formula is C35H46O. The van der Waals surface area contributed by atoms with Gasteiger partial charge in [0.05, 0.1) is 6.61 Å². The van der Waals surface area contributed by atoms with Gasteiger partial charge in [0.2, 0.25) is 0 Å². The first-order chi connectivity index (χ1) is 17.7. The largest absolute Gasteiger partial charge is 0.494 e. The number of benzene rings is 2. The van der Waals surface area contributed by atoms with Crippen molar-refractivity contribution < 1.29 is 4.74 Å². The molecule has 4 rings (SSSR count). The molecular weight excluding hydrogens is 436 g/mol. The van der Waals surface area contributed by atoms with Crippen molar-refractivity contribution in [3.8, 4) is 17.6 Å². The summed E-state index contributed by atoms with van der Waals surface area (Å²) in [6.07, 6.45) is 20.1. The summed E-state index contributed by atoms with van der Waals surface area (Å²) >= 11 is 0. The van der Waals surface area contributed by atoms with Crippen LogP contribution in [0.1, 0.15) is 119 Å². The Hall–Kier alpha value is -2.46. The van der Waals surface area contributed by atoms with Gasteiger partial charge in [-0.25, -0.2) is 0 Å². The van der Waals surface area contributed by atoms with E-state index in [2.05, 4.69) is 86.4 Å². The summed E-state index contributed by atoms with van der Waals surface area (Å²) in [5.74, 6) is 10.7. The highest BCUT2D eigenvalue weighted by atomic mass is 16.5. The smallest absolute Gasteiger partial charge is 0.119 e. The second-order valence-electron chi connectivity index (χ2n) is 11.1. The quantitative estimate of drug-likeness (QED) is 0.255. The second kappa shape index (κ2) is 14.3. The highest BCUT2D eigenvalue weighted by Crippen LogP contribution is 2.38. The Kier molecular flexibility index (Phi) is 10.6. The number of allylic oxidation sites excluding steroid dienone is 2. The topological polar surface area (TPSA) is 9.23 Å². The fourth-order valence-corrected chi connectivity index (χ4v) is 6.16. The highest BCUT2D eigenvalue weighted by Gasteiger charge is 2.22. The minimum Gasteiger partial charge on any atom is -0.494 e. The monoisotopic (exact) mass is 482 g/mol. The van der Waals surface area contributed by atoms with Crippen molar-refractivity contribution in [2.75, 3.05) is 6.61 Å². The molecule has 1 heteroatoms. The average Bonchev–Trinajstić information content (AvgIpc) is 2.93. The van der Waals surface area contributed by atoms with Crippen LogP contribution in [0.5, 0.6) is 5.75 Å². The molecule has 2 aromatic rings. The summed E-state index contributed by atoms with van der Waals surface area (Å²) in [6, 6.07) is 17.9. The molecule has 1 nitrogen and oxygen atoms in total. The zero-order chi connectivity index (χ0) is 25.0. The molecule has 0 atom stereocenters. The van der Waals surface area contributed by atoms with Gasteiger partial charge in [0, 0.05) is 5.56 Å². The van der Waals surface area contributed by atoms with Gasteiger partial charge in [0.1, 0.15) is 5.75 Å². The van der Waals surface area contributed by atoms with Crippen LogP contribution in [0.25, 0.3) is 0 Å². The van der Waals surface area contributed by atoms with Crippen LogP contribution in [0.3, 0.4) is 0 Å². The molecule has 192 valence electrons. The third-order valence-electron chi connectivity index (χ3n) is 8.48. The molecule has 2 aliphatic carbocycles. The molecule has 2 fully saturated rings. The van der Waals surface area contributed by atoms with E-state index in [0.717, 1.165) is 36.2 Å².